The van der Waals surface area contributed by atoms with E-state index in [1.54, 1.807) is 18.7 Å². The summed E-state index contributed by atoms with van der Waals surface area (Å²) in [7, 11) is 0. The SMILES string of the molecule is Cc1c(C)n(-c2ccccc2)c2ncnc(Nc3ccncc3)c12. The van der Waals surface area contributed by atoms with Gasteiger partial charge in [0.05, 0.1) is 5.39 Å². The average Bonchev–Trinajstić information content (AvgIpc) is 2.88. The van der Waals surface area contributed by atoms with Gasteiger partial charge in [-0.1, -0.05) is 18.2 Å². The Bertz CT molecular complexity index is 991. The third kappa shape index (κ3) is 2.31. The first-order valence-electron chi connectivity index (χ1n) is 7.81. The monoisotopic (exact) mass is 315 g/mol. The second kappa shape index (κ2) is 5.77. The maximum absolute atomic E-state index is 4.54. The zero-order valence-corrected chi connectivity index (χ0v) is 13.6. The van der Waals surface area contributed by atoms with E-state index in [0.29, 0.717) is 0 Å². The Labute approximate surface area is 140 Å². The highest BCUT2D eigenvalue weighted by molar-refractivity contribution is 5.94. The lowest BCUT2D eigenvalue weighted by Gasteiger charge is -2.08. The number of hydrogen-bond acceptors (Lipinski definition) is 4. The highest BCUT2D eigenvalue weighted by Gasteiger charge is 2.17. The largest absolute Gasteiger partial charge is 0.339 e. The van der Waals surface area contributed by atoms with Gasteiger partial charge in [-0.05, 0) is 43.7 Å². The third-order valence-electron chi connectivity index (χ3n) is 4.25. The van der Waals surface area contributed by atoms with Crippen molar-refractivity contribution >= 4 is 22.5 Å². The first-order valence-corrected chi connectivity index (χ1v) is 7.81. The summed E-state index contributed by atoms with van der Waals surface area (Å²) in [5, 5.41) is 4.41. The number of hydrogen-bond donors (Lipinski definition) is 1. The molecule has 0 amide bonds. The standard InChI is InChI=1S/C19H17N5/c1-13-14(2)24(16-6-4-3-5-7-16)19-17(13)18(21-12-22-19)23-15-8-10-20-11-9-15/h3-12H,1-2H3,(H,20,21,22,23). The van der Waals surface area contributed by atoms with Gasteiger partial charge in [0.1, 0.15) is 12.1 Å². The highest BCUT2D eigenvalue weighted by Crippen LogP contribution is 2.32. The average molecular weight is 315 g/mol. The lowest BCUT2D eigenvalue weighted by Crippen LogP contribution is -1.99. The normalized spacial score (nSPS) is 10.9. The number of aromatic nitrogens is 4. The Kier molecular flexibility index (Phi) is 3.46. The molecule has 0 aliphatic heterocycles. The number of benzene rings is 1. The Morgan fingerprint density at radius 1 is 0.917 bits per heavy atom. The maximum Gasteiger partial charge on any atom is 0.150 e. The predicted molar refractivity (Wildman–Crippen MR) is 95.9 cm³/mol. The number of rotatable bonds is 3. The summed E-state index contributed by atoms with van der Waals surface area (Å²) < 4.78 is 2.17. The van der Waals surface area contributed by atoms with Gasteiger partial charge in [0.15, 0.2) is 5.65 Å². The maximum atomic E-state index is 4.54. The van der Waals surface area contributed by atoms with Crippen molar-refractivity contribution in [1.29, 1.82) is 0 Å². The molecule has 0 saturated heterocycles. The molecule has 0 atom stereocenters. The van der Waals surface area contributed by atoms with Crippen LogP contribution in [0.3, 0.4) is 0 Å². The fourth-order valence-electron chi connectivity index (χ4n) is 2.96. The number of fused-ring (bicyclic) bond motifs is 1. The fourth-order valence-corrected chi connectivity index (χ4v) is 2.96. The van der Waals surface area contributed by atoms with Gasteiger partial charge in [-0.3, -0.25) is 9.55 Å². The molecule has 0 fully saturated rings. The van der Waals surface area contributed by atoms with Crippen LogP contribution < -0.4 is 5.32 Å². The molecular weight excluding hydrogens is 298 g/mol. The Morgan fingerprint density at radius 3 is 2.42 bits per heavy atom. The van der Waals surface area contributed by atoms with Gasteiger partial charge in [0, 0.05) is 29.5 Å². The van der Waals surface area contributed by atoms with E-state index in [1.807, 2.05) is 30.3 Å². The minimum absolute atomic E-state index is 0.807. The summed E-state index contributed by atoms with van der Waals surface area (Å²) in [6.07, 6.45) is 5.12. The molecule has 4 rings (SSSR count). The van der Waals surface area contributed by atoms with Crippen LogP contribution in [-0.4, -0.2) is 19.5 Å². The molecule has 0 spiro atoms. The minimum Gasteiger partial charge on any atom is -0.339 e. The molecule has 3 heterocycles. The van der Waals surface area contributed by atoms with Crippen LogP contribution in [0.4, 0.5) is 11.5 Å². The molecule has 0 radical (unpaired) electrons. The van der Waals surface area contributed by atoms with Gasteiger partial charge in [-0.25, -0.2) is 9.97 Å². The van der Waals surface area contributed by atoms with E-state index in [0.717, 1.165) is 33.9 Å². The number of anilines is 2. The van der Waals surface area contributed by atoms with Crippen LogP contribution in [0, 0.1) is 13.8 Å². The van der Waals surface area contributed by atoms with Crippen molar-refractivity contribution in [3.05, 3.63) is 72.4 Å². The lowest BCUT2D eigenvalue weighted by molar-refractivity contribution is 1.01. The summed E-state index contributed by atoms with van der Waals surface area (Å²) in [5.74, 6) is 0.807. The molecule has 1 aromatic carbocycles. The Hall–Kier alpha value is -3.21. The molecule has 24 heavy (non-hydrogen) atoms. The molecule has 0 unspecified atom stereocenters. The molecule has 0 saturated carbocycles. The number of aryl methyl sites for hydroxylation is 1. The molecule has 5 heteroatoms. The van der Waals surface area contributed by atoms with Gasteiger partial charge < -0.3 is 5.32 Å². The van der Waals surface area contributed by atoms with Crippen LogP contribution in [-0.2, 0) is 0 Å². The van der Waals surface area contributed by atoms with Crippen molar-refractivity contribution in [3.8, 4) is 5.69 Å². The predicted octanol–water partition coefficient (Wildman–Crippen LogP) is 4.18. The molecule has 4 aromatic rings. The van der Waals surface area contributed by atoms with Crippen molar-refractivity contribution in [2.45, 2.75) is 13.8 Å². The van der Waals surface area contributed by atoms with Crippen LogP contribution in [0.1, 0.15) is 11.3 Å². The van der Waals surface area contributed by atoms with Crippen molar-refractivity contribution in [2.75, 3.05) is 5.32 Å². The minimum atomic E-state index is 0.807. The summed E-state index contributed by atoms with van der Waals surface area (Å²) in [6.45, 7) is 4.22. The lowest BCUT2D eigenvalue weighted by atomic mass is 10.2. The molecule has 0 aliphatic rings. The molecule has 0 aliphatic carbocycles. The summed E-state index contributed by atoms with van der Waals surface area (Å²) >= 11 is 0. The summed E-state index contributed by atoms with van der Waals surface area (Å²) in [6, 6.07) is 14.1. The van der Waals surface area contributed by atoms with Crippen LogP contribution in [0.2, 0.25) is 0 Å². The number of para-hydroxylation sites is 1. The van der Waals surface area contributed by atoms with Gasteiger partial charge in [0.2, 0.25) is 0 Å². The van der Waals surface area contributed by atoms with Crippen LogP contribution in [0.5, 0.6) is 0 Å². The third-order valence-corrected chi connectivity index (χ3v) is 4.25. The summed E-state index contributed by atoms with van der Waals surface area (Å²) in [5.41, 5.74) is 5.29. The summed E-state index contributed by atoms with van der Waals surface area (Å²) in [4.78, 5) is 13.0. The molecule has 5 nitrogen and oxygen atoms in total. The number of nitrogens with zero attached hydrogens (tertiary/aromatic N) is 4. The van der Waals surface area contributed by atoms with Crippen LogP contribution >= 0.6 is 0 Å². The molecule has 118 valence electrons. The number of nitrogens with one attached hydrogen (secondary N) is 1. The fraction of sp³-hybridized carbons (Fsp3) is 0.105. The molecular formula is C19H17N5. The first-order chi connectivity index (χ1) is 11.8. The van der Waals surface area contributed by atoms with E-state index in [1.165, 1.54) is 5.56 Å². The zero-order chi connectivity index (χ0) is 16.5. The second-order valence-corrected chi connectivity index (χ2v) is 5.66. The van der Waals surface area contributed by atoms with E-state index >= 15 is 0 Å². The quantitative estimate of drug-likeness (QED) is 0.616. The van der Waals surface area contributed by atoms with E-state index in [-0.39, 0.29) is 0 Å². The van der Waals surface area contributed by atoms with Crippen molar-refractivity contribution in [2.24, 2.45) is 0 Å². The molecule has 3 aromatic heterocycles. The van der Waals surface area contributed by atoms with Crippen LogP contribution in [0.15, 0.2) is 61.2 Å². The van der Waals surface area contributed by atoms with Gasteiger partial charge in [-0.2, -0.15) is 0 Å². The first kappa shape index (κ1) is 14.4. The van der Waals surface area contributed by atoms with Crippen molar-refractivity contribution < 1.29 is 0 Å². The van der Waals surface area contributed by atoms with Crippen molar-refractivity contribution in [1.82, 2.24) is 19.5 Å². The van der Waals surface area contributed by atoms with E-state index in [9.17, 15) is 0 Å². The van der Waals surface area contributed by atoms with Gasteiger partial charge in [-0.15, -0.1) is 0 Å². The van der Waals surface area contributed by atoms with E-state index in [4.69, 9.17) is 0 Å². The second-order valence-electron chi connectivity index (χ2n) is 5.66. The zero-order valence-electron chi connectivity index (χ0n) is 13.6. The van der Waals surface area contributed by atoms with Gasteiger partial charge in [0.25, 0.3) is 0 Å². The molecule has 0 bridgehead atoms. The van der Waals surface area contributed by atoms with E-state index in [2.05, 4.69) is 50.8 Å². The van der Waals surface area contributed by atoms with E-state index < -0.39 is 0 Å². The molecule has 1 N–H and O–H groups in total. The topological polar surface area (TPSA) is 55.6 Å². The highest BCUT2D eigenvalue weighted by atomic mass is 15.1. The Morgan fingerprint density at radius 2 is 1.67 bits per heavy atom. The van der Waals surface area contributed by atoms with Crippen molar-refractivity contribution in [3.63, 3.8) is 0 Å². The number of pyridine rings is 1. The smallest absolute Gasteiger partial charge is 0.150 e. The Balaban J connectivity index is 1.93. The van der Waals surface area contributed by atoms with Gasteiger partial charge >= 0.3 is 0 Å². The van der Waals surface area contributed by atoms with Crippen LogP contribution in [0.25, 0.3) is 16.7 Å².